The van der Waals surface area contributed by atoms with Gasteiger partial charge in [-0.25, -0.2) is 13.2 Å². The van der Waals surface area contributed by atoms with Gasteiger partial charge in [-0.3, -0.25) is 4.79 Å². The highest BCUT2D eigenvalue weighted by Gasteiger charge is 2.48. The van der Waals surface area contributed by atoms with Gasteiger partial charge in [-0.05, 0) is 53.4 Å². The minimum absolute atomic E-state index is 0.0472. The van der Waals surface area contributed by atoms with Crippen molar-refractivity contribution >= 4 is 44.9 Å². The molecule has 0 aromatic heterocycles. The highest BCUT2D eigenvalue weighted by Crippen LogP contribution is 2.44. The molecule has 0 unspecified atom stereocenters. The monoisotopic (exact) mass is 589 g/mol. The Kier molecular flexibility index (Phi) is 9.01. The molecular weight excluding hydrogens is 561 g/mol. The van der Waals surface area contributed by atoms with E-state index in [1.807, 2.05) is 6.92 Å². The number of halogens is 2. The zero-order valence-electron chi connectivity index (χ0n) is 21.5. The first-order valence-electron chi connectivity index (χ1n) is 12.5. The summed E-state index contributed by atoms with van der Waals surface area (Å²) in [5.41, 5.74) is 1.77. The first-order chi connectivity index (χ1) is 18.5. The summed E-state index contributed by atoms with van der Waals surface area (Å²) in [6, 6.07) is 18.4. The molecule has 1 aliphatic heterocycles. The van der Waals surface area contributed by atoms with Crippen LogP contribution in [0.25, 0.3) is 0 Å². The number of nitrogens with zero attached hydrogens (tertiary/aromatic N) is 1. The van der Waals surface area contributed by atoms with Crippen molar-refractivity contribution in [1.29, 1.82) is 0 Å². The molecule has 7 nitrogen and oxygen atoms in total. The van der Waals surface area contributed by atoms with Gasteiger partial charge in [0.15, 0.2) is 9.84 Å². The lowest BCUT2D eigenvalue weighted by molar-refractivity contribution is -0.184. The third-order valence-corrected chi connectivity index (χ3v) is 8.50. The number of carbonyl (C=O) groups excluding carboxylic acids is 1. The Morgan fingerprint density at radius 3 is 2.08 bits per heavy atom. The third-order valence-electron chi connectivity index (χ3n) is 6.80. The zero-order chi connectivity index (χ0) is 28.3. The maximum Gasteiger partial charge on any atom is 0.326 e. The van der Waals surface area contributed by atoms with Crippen molar-refractivity contribution in [2.75, 3.05) is 6.26 Å². The van der Waals surface area contributed by atoms with Crippen LogP contribution in [0.2, 0.25) is 10.0 Å². The van der Waals surface area contributed by atoms with Crippen molar-refractivity contribution in [3.05, 3.63) is 99.5 Å². The Hall–Kier alpha value is -2.91. The normalized spacial score (nSPS) is 20.6. The fourth-order valence-corrected chi connectivity index (χ4v) is 6.24. The molecule has 0 radical (unpaired) electrons. The van der Waals surface area contributed by atoms with Crippen LogP contribution < -0.4 is 0 Å². The van der Waals surface area contributed by atoms with E-state index in [9.17, 15) is 23.1 Å². The molecule has 1 saturated heterocycles. The van der Waals surface area contributed by atoms with Crippen LogP contribution in [-0.2, 0) is 30.6 Å². The summed E-state index contributed by atoms with van der Waals surface area (Å²) in [4.78, 5) is 28.2. The highest BCUT2D eigenvalue weighted by atomic mass is 35.5. The summed E-state index contributed by atoms with van der Waals surface area (Å²) < 4.78 is 31.4. The SMILES string of the molecule is CCC[C@H](C(=O)O)N1C(=O)[C@H](Cc2ccccc2S(C)(=O)=O)O[C@@H](c2ccc(Cl)cc2)[C@H]1c1ccc(Cl)cc1. The predicted molar refractivity (Wildman–Crippen MR) is 150 cm³/mol. The van der Waals surface area contributed by atoms with Crippen LogP contribution >= 0.6 is 23.2 Å². The lowest BCUT2D eigenvalue weighted by atomic mass is 9.88. The van der Waals surface area contributed by atoms with Gasteiger partial charge in [-0.2, -0.15) is 0 Å². The number of morpholine rings is 1. The zero-order valence-corrected chi connectivity index (χ0v) is 23.8. The van der Waals surface area contributed by atoms with Gasteiger partial charge < -0.3 is 14.7 Å². The van der Waals surface area contributed by atoms with E-state index in [-0.39, 0.29) is 17.7 Å². The molecule has 206 valence electrons. The molecule has 3 aromatic carbocycles. The van der Waals surface area contributed by atoms with Gasteiger partial charge in [-0.15, -0.1) is 0 Å². The van der Waals surface area contributed by atoms with Gasteiger partial charge in [-0.1, -0.05) is 79.0 Å². The second-order valence-corrected chi connectivity index (χ2v) is 12.4. The second-order valence-electron chi connectivity index (χ2n) is 9.57. The van der Waals surface area contributed by atoms with E-state index in [1.54, 1.807) is 66.7 Å². The summed E-state index contributed by atoms with van der Waals surface area (Å²) in [6.45, 7) is 1.86. The second kappa shape index (κ2) is 12.1. The number of amides is 1. The van der Waals surface area contributed by atoms with E-state index in [0.29, 0.717) is 33.2 Å². The number of sulfone groups is 1. The number of aliphatic carboxylic acids is 1. The Balaban J connectivity index is 1.89. The molecule has 39 heavy (non-hydrogen) atoms. The van der Waals surface area contributed by atoms with E-state index in [4.69, 9.17) is 27.9 Å². The van der Waals surface area contributed by atoms with Gasteiger partial charge in [0.05, 0.1) is 10.9 Å². The first kappa shape index (κ1) is 29.1. The summed E-state index contributed by atoms with van der Waals surface area (Å²) >= 11 is 12.3. The van der Waals surface area contributed by atoms with Crippen molar-refractivity contribution in [3.8, 4) is 0 Å². The van der Waals surface area contributed by atoms with Gasteiger partial charge in [0, 0.05) is 22.7 Å². The smallest absolute Gasteiger partial charge is 0.326 e. The van der Waals surface area contributed by atoms with Crippen molar-refractivity contribution < 1.29 is 27.9 Å². The maximum absolute atomic E-state index is 14.1. The topological polar surface area (TPSA) is 101 Å². The summed E-state index contributed by atoms with van der Waals surface area (Å²) in [5.74, 6) is -1.65. The van der Waals surface area contributed by atoms with Gasteiger partial charge in [0.2, 0.25) is 0 Å². The first-order valence-corrected chi connectivity index (χ1v) is 15.1. The van der Waals surface area contributed by atoms with Gasteiger partial charge in [0.25, 0.3) is 5.91 Å². The summed E-state index contributed by atoms with van der Waals surface area (Å²) in [6.07, 6.45) is -0.0795. The van der Waals surface area contributed by atoms with E-state index in [1.165, 1.54) is 11.0 Å². The van der Waals surface area contributed by atoms with Crippen molar-refractivity contribution in [2.45, 2.75) is 55.4 Å². The number of hydrogen-bond donors (Lipinski definition) is 1. The molecule has 1 amide bonds. The molecule has 0 spiro atoms. The molecular formula is C29H29Cl2NO6S. The molecule has 4 rings (SSSR count). The molecule has 1 aliphatic rings. The van der Waals surface area contributed by atoms with Crippen LogP contribution in [0.4, 0.5) is 0 Å². The molecule has 10 heteroatoms. The molecule has 1 heterocycles. The van der Waals surface area contributed by atoms with Crippen LogP contribution in [0, 0.1) is 0 Å². The number of hydrogen-bond acceptors (Lipinski definition) is 5. The van der Waals surface area contributed by atoms with Crippen LogP contribution in [0.5, 0.6) is 0 Å². The van der Waals surface area contributed by atoms with E-state index < -0.39 is 46.0 Å². The molecule has 0 saturated carbocycles. The molecule has 0 bridgehead atoms. The fourth-order valence-electron chi connectivity index (χ4n) is 5.04. The molecule has 0 aliphatic carbocycles. The lowest BCUT2D eigenvalue weighted by Gasteiger charge is -2.47. The van der Waals surface area contributed by atoms with Crippen molar-refractivity contribution in [2.24, 2.45) is 0 Å². The number of benzene rings is 3. The third kappa shape index (κ3) is 6.47. The number of ether oxygens (including phenoxy) is 1. The maximum atomic E-state index is 14.1. The number of carboxylic acids is 1. The quantitative estimate of drug-likeness (QED) is 0.333. The summed E-state index contributed by atoms with van der Waals surface area (Å²) in [7, 11) is -3.58. The average molecular weight is 591 g/mol. The number of carbonyl (C=O) groups is 2. The van der Waals surface area contributed by atoms with E-state index in [2.05, 4.69) is 0 Å². The van der Waals surface area contributed by atoms with Crippen molar-refractivity contribution in [3.63, 3.8) is 0 Å². The highest BCUT2D eigenvalue weighted by molar-refractivity contribution is 7.90. The number of carboxylic acid groups (broad SMARTS) is 1. The lowest BCUT2D eigenvalue weighted by Crippen LogP contribution is -2.57. The number of rotatable bonds is 9. The Morgan fingerprint density at radius 2 is 1.54 bits per heavy atom. The Labute approximate surface area is 238 Å². The molecule has 1 N–H and O–H groups in total. The average Bonchev–Trinajstić information content (AvgIpc) is 2.89. The minimum atomic E-state index is -3.58. The standard InChI is InChI=1S/C29H29Cl2NO6S/c1-3-6-23(29(34)35)32-26(18-9-13-21(30)14-10-18)27(19-11-15-22(31)16-12-19)38-24(28(32)33)17-20-7-4-5-8-25(20)39(2,36)37/h4-5,7-16,23-24,26-27H,3,6,17H2,1-2H3,(H,34,35)/t23-,24+,26-,27+/m1/s1. The van der Waals surface area contributed by atoms with Crippen LogP contribution in [0.3, 0.4) is 0 Å². The van der Waals surface area contributed by atoms with Gasteiger partial charge >= 0.3 is 5.97 Å². The van der Waals surface area contributed by atoms with Crippen LogP contribution in [-0.4, -0.2) is 48.7 Å². The van der Waals surface area contributed by atoms with Crippen molar-refractivity contribution in [1.82, 2.24) is 4.90 Å². The van der Waals surface area contributed by atoms with Gasteiger partial charge in [0.1, 0.15) is 18.2 Å². The molecule has 3 aromatic rings. The Bertz CT molecular complexity index is 1440. The largest absolute Gasteiger partial charge is 0.480 e. The minimum Gasteiger partial charge on any atom is -0.480 e. The molecule has 1 fully saturated rings. The molecule has 4 atom stereocenters. The fraction of sp³-hybridized carbons (Fsp3) is 0.310. The Morgan fingerprint density at radius 1 is 0.974 bits per heavy atom. The van der Waals surface area contributed by atoms with E-state index in [0.717, 1.165) is 6.26 Å². The predicted octanol–water partition coefficient (Wildman–Crippen LogP) is 5.90. The van der Waals surface area contributed by atoms with Crippen LogP contribution in [0.1, 0.15) is 48.6 Å². The summed E-state index contributed by atoms with van der Waals surface area (Å²) in [5, 5.41) is 11.3. The van der Waals surface area contributed by atoms with E-state index >= 15 is 0 Å². The van der Waals surface area contributed by atoms with Crippen LogP contribution in [0.15, 0.2) is 77.7 Å².